The van der Waals surface area contributed by atoms with Gasteiger partial charge < -0.3 is 5.11 Å². The van der Waals surface area contributed by atoms with Gasteiger partial charge in [-0.15, -0.1) is 0 Å². The zero-order valence-corrected chi connectivity index (χ0v) is 10.5. The summed E-state index contributed by atoms with van der Waals surface area (Å²) in [5, 5.41) is 10.4. The molecule has 0 spiro atoms. The Labute approximate surface area is 103 Å². The van der Waals surface area contributed by atoms with Crippen molar-refractivity contribution in [3.8, 4) is 0 Å². The number of aliphatic hydroxyl groups is 1. The molecule has 0 radical (unpaired) electrons. The topological polar surface area (TPSA) is 37.3 Å². The van der Waals surface area contributed by atoms with E-state index < -0.39 is 6.10 Å². The summed E-state index contributed by atoms with van der Waals surface area (Å²) >= 11 is 0. The first-order valence-corrected chi connectivity index (χ1v) is 6.40. The Kier molecular flexibility index (Phi) is 3.63. The maximum Gasteiger partial charge on any atom is 0.139 e. The third kappa shape index (κ3) is 2.42. The Hall–Kier alpha value is -1.15. The average Bonchev–Trinajstić information content (AvgIpc) is 2.70. The molecule has 17 heavy (non-hydrogen) atoms. The van der Waals surface area contributed by atoms with E-state index in [0.29, 0.717) is 12.3 Å². The average molecular weight is 232 g/mol. The van der Waals surface area contributed by atoms with Crippen LogP contribution >= 0.6 is 0 Å². The lowest BCUT2D eigenvalue weighted by Crippen LogP contribution is -2.22. The van der Waals surface area contributed by atoms with Gasteiger partial charge in [-0.05, 0) is 24.8 Å². The van der Waals surface area contributed by atoms with Crippen LogP contribution in [0.4, 0.5) is 0 Å². The maximum absolute atomic E-state index is 11.9. The van der Waals surface area contributed by atoms with E-state index >= 15 is 0 Å². The molecule has 1 aliphatic carbocycles. The van der Waals surface area contributed by atoms with Crippen LogP contribution in [0.5, 0.6) is 0 Å². The third-order valence-corrected chi connectivity index (χ3v) is 3.92. The van der Waals surface area contributed by atoms with E-state index in [2.05, 4.69) is 6.92 Å². The third-order valence-electron chi connectivity index (χ3n) is 3.92. The van der Waals surface area contributed by atoms with Gasteiger partial charge in [-0.25, -0.2) is 0 Å². The normalized spacial score (nSPS) is 26.2. The first-order chi connectivity index (χ1) is 8.13. The molecule has 0 unspecified atom stereocenters. The highest BCUT2D eigenvalue weighted by Crippen LogP contribution is 2.39. The molecule has 0 bridgehead atoms. The van der Waals surface area contributed by atoms with E-state index in [1.165, 1.54) is 5.56 Å². The zero-order valence-electron chi connectivity index (χ0n) is 10.5. The van der Waals surface area contributed by atoms with Gasteiger partial charge in [0.25, 0.3) is 0 Å². The Morgan fingerprint density at radius 1 is 1.35 bits per heavy atom. The van der Waals surface area contributed by atoms with Crippen molar-refractivity contribution in [2.24, 2.45) is 11.8 Å². The molecule has 1 N–H and O–H groups in total. The van der Waals surface area contributed by atoms with Crippen LogP contribution in [-0.2, 0) is 4.79 Å². The minimum absolute atomic E-state index is 0.192. The lowest BCUT2D eigenvalue weighted by molar-refractivity contribution is -0.124. The second kappa shape index (κ2) is 5.01. The number of ketones is 1. The van der Waals surface area contributed by atoms with Crippen LogP contribution in [0, 0.1) is 18.8 Å². The van der Waals surface area contributed by atoms with Gasteiger partial charge in [-0.2, -0.15) is 0 Å². The molecule has 0 amide bonds. The molecular weight excluding hydrogens is 212 g/mol. The molecule has 92 valence electrons. The van der Waals surface area contributed by atoms with Gasteiger partial charge in [-0.1, -0.05) is 43.2 Å². The standard InChI is InChI=1S/C15H20O2/c1-3-11-8-9-13(16)14(11)15(17)12-6-4-10(2)5-7-12/h4-7,11,14-15,17H,3,8-9H2,1-2H3/t11-,14+,15+/m1/s1. The maximum atomic E-state index is 11.9. The van der Waals surface area contributed by atoms with Gasteiger partial charge in [0.1, 0.15) is 5.78 Å². The Balaban J connectivity index is 2.21. The van der Waals surface area contributed by atoms with E-state index in [4.69, 9.17) is 0 Å². The molecule has 0 saturated heterocycles. The largest absolute Gasteiger partial charge is 0.388 e. The smallest absolute Gasteiger partial charge is 0.139 e. The highest BCUT2D eigenvalue weighted by Gasteiger charge is 2.38. The first kappa shape index (κ1) is 12.3. The van der Waals surface area contributed by atoms with E-state index in [1.807, 2.05) is 31.2 Å². The number of Topliss-reactive ketones (excluding diaryl/α,β-unsaturated/α-hetero) is 1. The van der Waals surface area contributed by atoms with Crippen molar-refractivity contribution in [1.29, 1.82) is 0 Å². The van der Waals surface area contributed by atoms with Crippen LogP contribution in [0.1, 0.15) is 43.4 Å². The molecule has 2 nitrogen and oxygen atoms in total. The minimum Gasteiger partial charge on any atom is -0.388 e. The summed E-state index contributed by atoms with van der Waals surface area (Å²) < 4.78 is 0. The van der Waals surface area contributed by atoms with E-state index in [9.17, 15) is 9.90 Å². The summed E-state index contributed by atoms with van der Waals surface area (Å²) in [6, 6.07) is 7.83. The molecule has 1 aromatic carbocycles. The van der Waals surface area contributed by atoms with E-state index in [0.717, 1.165) is 18.4 Å². The Morgan fingerprint density at radius 3 is 2.59 bits per heavy atom. The first-order valence-electron chi connectivity index (χ1n) is 6.40. The predicted octanol–water partition coefficient (Wildman–Crippen LogP) is 3.03. The van der Waals surface area contributed by atoms with Crippen LogP contribution < -0.4 is 0 Å². The molecule has 1 aromatic rings. The number of carbonyl (C=O) groups excluding carboxylic acids is 1. The van der Waals surface area contributed by atoms with E-state index in [-0.39, 0.29) is 11.7 Å². The summed E-state index contributed by atoms with van der Waals surface area (Å²) in [7, 11) is 0. The van der Waals surface area contributed by atoms with Crippen LogP contribution in [0.25, 0.3) is 0 Å². The number of aryl methyl sites for hydroxylation is 1. The van der Waals surface area contributed by atoms with Crippen molar-refractivity contribution in [1.82, 2.24) is 0 Å². The molecule has 1 fully saturated rings. The van der Waals surface area contributed by atoms with Gasteiger partial charge in [0.05, 0.1) is 12.0 Å². The number of aliphatic hydroxyl groups excluding tert-OH is 1. The van der Waals surface area contributed by atoms with Crippen molar-refractivity contribution in [2.45, 2.75) is 39.2 Å². The number of hydrogen-bond donors (Lipinski definition) is 1. The van der Waals surface area contributed by atoms with Crippen molar-refractivity contribution in [2.75, 3.05) is 0 Å². The monoisotopic (exact) mass is 232 g/mol. The minimum atomic E-state index is -0.629. The lowest BCUT2D eigenvalue weighted by Gasteiger charge is -2.23. The fourth-order valence-electron chi connectivity index (χ4n) is 2.80. The van der Waals surface area contributed by atoms with Crippen LogP contribution in [-0.4, -0.2) is 10.9 Å². The summed E-state index contributed by atoms with van der Waals surface area (Å²) in [5.41, 5.74) is 2.04. The van der Waals surface area contributed by atoms with Crippen LogP contribution in [0.2, 0.25) is 0 Å². The summed E-state index contributed by atoms with van der Waals surface area (Å²) in [5.74, 6) is 0.381. The predicted molar refractivity (Wildman–Crippen MR) is 67.7 cm³/mol. The van der Waals surface area contributed by atoms with E-state index in [1.54, 1.807) is 0 Å². The van der Waals surface area contributed by atoms with Crippen LogP contribution in [0.3, 0.4) is 0 Å². The molecule has 3 atom stereocenters. The summed E-state index contributed by atoms with van der Waals surface area (Å²) in [6.07, 6.45) is 1.91. The van der Waals surface area contributed by atoms with Gasteiger partial charge in [-0.3, -0.25) is 4.79 Å². The number of rotatable bonds is 3. The van der Waals surface area contributed by atoms with Gasteiger partial charge in [0, 0.05) is 6.42 Å². The summed E-state index contributed by atoms with van der Waals surface area (Å²) in [4.78, 5) is 11.9. The SMILES string of the molecule is CC[C@@H]1CCC(=O)[C@H]1[C@@H](O)c1ccc(C)cc1. The number of benzene rings is 1. The van der Waals surface area contributed by atoms with Crippen molar-refractivity contribution in [3.63, 3.8) is 0 Å². The van der Waals surface area contributed by atoms with Gasteiger partial charge >= 0.3 is 0 Å². The fourth-order valence-corrected chi connectivity index (χ4v) is 2.80. The quantitative estimate of drug-likeness (QED) is 0.869. The van der Waals surface area contributed by atoms with Crippen molar-refractivity contribution < 1.29 is 9.90 Å². The van der Waals surface area contributed by atoms with Crippen LogP contribution in [0.15, 0.2) is 24.3 Å². The number of hydrogen-bond acceptors (Lipinski definition) is 2. The molecule has 1 saturated carbocycles. The molecule has 2 heteroatoms. The van der Waals surface area contributed by atoms with Crippen molar-refractivity contribution >= 4 is 5.78 Å². The molecule has 0 aliphatic heterocycles. The molecule has 0 aromatic heterocycles. The van der Waals surface area contributed by atoms with Gasteiger partial charge in [0.2, 0.25) is 0 Å². The molecule has 0 heterocycles. The lowest BCUT2D eigenvalue weighted by atomic mass is 9.85. The summed E-state index contributed by atoms with van der Waals surface area (Å²) in [6.45, 7) is 4.11. The second-order valence-electron chi connectivity index (χ2n) is 5.05. The Morgan fingerprint density at radius 2 is 2.00 bits per heavy atom. The second-order valence-corrected chi connectivity index (χ2v) is 5.05. The zero-order chi connectivity index (χ0) is 12.4. The Bertz CT molecular complexity index is 394. The molecule has 1 aliphatic rings. The molecular formula is C15H20O2. The highest BCUT2D eigenvalue weighted by atomic mass is 16.3. The fraction of sp³-hybridized carbons (Fsp3) is 0.533. The molecule has 2 rings (SSSR count). The number of carbonyl (C=O) groups is 1. The highest BCUT2D eigenvalue weighted by molar-refractivity contribution is 5.84. The van der Waals surface area contributed by atoms with Crippen molar-refractivity contribution in [3.05, 3.63) is 35.4 Å². The van der Waals surface area contributed by atoms with Gasteiger partial charge in [0.15, 0.2) is 0 Å².